The Morgan fingerprint density at radius 2 is 2.25 bits per heavy atom. The molecule has 16 heavy (non-hydrogen) atoms. The first-order valence-corrected chi connectivity index (χ1v) is 6.13. The van der Waals surface area contributed by atoms with Crippen LogP contribution in [0.2, 0.25) is 0 Å². The van der Waals surface area contributed by atoms with Gasteiger partial charge in [0.1, 0.15) is 0 Å². The molecule has 0 fully saturated rings. The third-order valence-electron chi connectivity index (χ3n) is 2.51. The van der Waals surface area contributed by atoms with Crippen molar-refractivity contribution < 1.29 is 0 Å². The number of rotatable bonds is 3. The normalized spacial score (nSPS) is 12.7. The molecule has 1 unspecified atom stereocenters. The van der Waals surface area contributed by atoms with Crippen molar-refractivity contribution in [1.82, 2.24) is 9.97 Å². The fourth-order valence-electron chi connectivity index (χ4n) is 1.68. The van der Waals surface area contributed by atoms with Gasteiger partial charge in [-0.25, -0.2) is 4.98 Å². The average molecular weight is 233 g/mol. The van der Waals surface area contributed by atoms with Crippen LogP contribution < -0.4 is 5.73 Å². The van der Waals surface area contributed by atoms with Crippen LogP contribution in [0.5, 0.6) is 0 Å². The van der Waals surface area contributed by atoms with E-state index in [0.717, 1.165) is 28.4 Å². The average Bonchev–Trinajstić information content (AvgIpc) is 2.64. The Kier molecular flexibility index (Phi) is 3.31. The summed E-state index contributed by atoms with van der Waals surface area (Å²) in [5, 5.41) is 3.14. The molecule has 0 saturated carbocycles. The maximum absolute atomic E-state index is 6.16. The number of nitrogens with zero attached hydrogens (tertiary/aromatic N) is 2. The van der Waals surface area contributed by atoms with Crippen LogP contribution in [0.25, 0.3) is 0 Å². The fourth-order valence-corrected chi connectivity index (χ4v) is 2.51. The first kappa shape index (κ1) is 11.2. The van der Waals surface area contributed by atoms with Crippen LogP contribution >= 0.6 is 11.3 Å². The Balaban J connectivity index is 2.14. The van der Waals surface area contributed by atoms with Crippen LogP contribution in [0.4, 0.5) is 0 Å². The van der Waals surface area contributed by atoms with E-state index in [2.05, 4.69) is 15.3 Å². The number of hydrogen-bond acceptors (Lipinski definition) is 4. The summed E-state index contributed by atoms with van der Waals surface area (Å²) in [5.74, 6) is 0. The third kappa shape index (κ3) is 2.46. The summed E-state index contributed by atoms with van der Waals surface area (Å²) in [4.78, 5) is 8.67. The number of thiazole rings is 1. The molecule has 1 atom stereocenters. The van der Waals surface area contributed by atoms with Gasteiger partial charge in [-0.2, -0.15) is 0 Å². The van der Waals surface area contributed by atoms with Crippen molar-refractivity contribution in [3.05, 3.63) is 45.7 Å². The van der Waals surface area contributed by atoms with Gasteiger partial charge in [0.15, 0.2) is 0 Å². The SMILES string of the molecule is Cc1csc(CC(N)c2cccnc2C)n1. The van der Waals surface area contributed by atoms with Gasteiger partial charge in [-0.05, 0) is 25.5 Å². The Labute approximate surface area is 99.4 Å². The van der Waals surface area contributed by atoms with Gasteiger partial charge in [0.05, 0.1) is 5.01 Å². The van der Waals surface area contributed by atoms with Gasteiger partial charge in [0.2, 0.25) is 0 Å². The molecule has 0 amide bonds. The summed E-state index contributed by atoms with van der Waals surface area (Å²) in [6.45, 7) is 3.99. The molecule has 0 aliphatic rings. The lowest BCUT2D eigenvalue weighted by molar-refractivity contribution is 0.706. The number of aromatic nitrogens is 2. The van der Waals surface area contributed by atoms with E-state index in [4.69, 9.17) is 5.73 Å². The van der Waals surface area contributed by atoms with Crippen LogP contribution in [0.15, 0.2) is 23.7 Å². The lowest BCUT2D eigenvalue weighted by atomic mass is 10.0. The molecule has 2 aromatic heterocycles. The fraction of sp³-hybridized carbons (Fsp3) is 0.333. The largest absolute Gasteiger partial charge is 0.324 e. The quantitative estimate of drug-likeness (QED) is 0.885. The van der Waals surface area contributed by atoms with Crippen molar-refractivity contribution in [2.24, 2.45) is 5.73 Å². The van der Waals surface area contributed by atoms with Crippen LogP contribution in [0.3, 0.4) is 0 Å². The van der Waals surface area contributed by atoms with Crippen molar-refractivity contribution in [2.75, 3.05) is 0 Å². The minimum atomic E-state index is -0.0146. The topological polar surface area (TPSA) is 51.8 Å². The minimum Gasteiger partial charge on any atom is -0.324 e. The lowest BCUT2D eigenvalue weighted by Gasteiger charge is -2.12. The van der Waals surface area contributed by atoms with Crippen LogP contribution in [-0.2, 0) is 6.42 Å². The van der Waals surface area contributed by atoms with E-state index in [-0.39, 0.29) is 6.04 Å². The van der Waals surface area contributed by atoms with Crippen molar-refractivity contribution in [3.63, 3.8) is 0 Å². The molecular formula is C12H15N3S. The molecule has 2 N–H and O–H groups in total. The lowest BCUT2D eigenvalue weighted by Crippen LogP contribution is -2.15. The van der Waals surface area contributed by atoms with E-state index >= 15 is 0 Å². The van der Waals surface area contributed by atoms with E-state index in [0.29, 0.717) is 0 Å². The molecular weight excluding hydrogens is 218 g/mol. The standard InChI is InChI=1S/C12H15N3S/c1-8-7-16-12(15-8)6-11(13)10-4-3-5-14-9(10)2/h3-5,7,11H,6,13H2,1-2H3. The van der Waals surface area contributed by atoms with E-state index in [9.17, 15) is 0 Å². The Morgan fingerprint density at radius 1 is 1.44 bits per heavy atom. The Hall–Kier alpha value is -1.26. The predicted octanol–water partition coefficient (Wildman–Crippen LogP) is 2.40. The zero-order valence-corrected chi connectivity index (χ0v) is 10.3. The number of pyridine rings is 1. The maximum Gasteiger partial charge on any atom is 0.0947 e. The molecule has 84 valence electrons. The predicted molar refractivity (Wildman–Crippen MR) is 66.5 cm³/mol. The highest BCUT2D eigenvalue weighted by Gasteiger charge is 2.11. The second kappa shape index (κ2) is 4.72. The zero-order chi connectivity index (χ0) is 11.5. The molecule has 4 heteroatoms. The van der Waals surface area contributed by atoms with E-state index in [1.165, 1.54) is 0 Å². The van der Waals surface area contributed by atoms with Gasteiger partial charge in [-0.15, -0.1) is 11.3 Å². The van der Waals surface area contributed by atoms with Crippen molar-refractivity contribution in [2.45, 2.75) is 26.3 Å². The number of nitrogens with two attached hydrogens (primary N) is 1. The molecule has 0 aliphatic carbocycles. The van der Waals surface area contributed by atoms with E-state index in [1.54, 1.807) is 17.5 Å². The first-order chi connectivity index (χ1) is 7.66. The smallest absolute Gasteiger partial charge is 0.0947 e. The van der Waals surface area contributed by atoms with Crippen LogP contribution in [-0.4, -0.2) is 9.97 Å². The van der Waals surface area contributed by atoms with Gasteiger partial charge in [-0.3, -0.25) is 4.98 Å². The van der Waals surface area contributed by atoms with Crippen LogP contribution in [0, 0.1) is 13.8 Å². The minimum absolute atomic E-state index is 0.0146. The van der Waals surface area contributed by atoms with E-state index in [1.807, 2.05) is 26.0 Å². The summed E-state index contributed by atoms with van der Waals surface area (Å²) in [7, 11) is 0. The van der Waals surface area contributed by atoms with Gasteiger partial charge in [-0.1, -0.05) is 6.07 Å². The highest BCUT2D eigenvalue weighted by atomic mass is 32.1. The molecule has 3 nitrogen and oxygen atoms in total. The molecule has 0 aliphatic heterocycles. The van der Waals surface area contributed by atoms with E-state index < -0.39 is 0 Å². The molecule has 2 rings (SSSR count). The highest BCUT2D eigenvalue weighted by molar-refractivity contribution is 7.09. The van der Waals surface area contributed by atoms with Gasteiger partial charge in [0, 0.05) is 35.4 Å². The number of hydrogen-bond donors (Lipinski definition) is 1. The third-order valence-corrected chi connectivity index (χ3v) is 3.50. The van der Waals surface area contributed by atoms with Crippen molar-refractivity contribution in [3.8, 4) is 0 Å². The monoisotopic (exact) mass is 233 g/mol. The van der Waals surface area contributed by atoms with Crippen molar-refractivity contribution in [1.29, 1.82) is 0 Å². The summed E-state index contributed by atoms with van der Waals surface area (Å²) < 4.78 is 0. The molecule has 0 saturated heterocycles. The summed E-state index contributed by atoms with van der Waals surface area (Å²) in [6.07, 6.45) is 2.57. The van der Waals surface area contributed by atoms with Crippen LogP contribution in [0.1, 0.15) is 28.0 Å². The summed E-state index contributed by atoms with van der Waals surface area (Å²) >= 11 is 1.67. The summed E-state index contributed by atoms with van der Waals surface area (Å²) in [5.41, 5.74) is 9.34. The van der Waals surface area contributed by atoms with Gasteiger partial charge in [0.25, 0.3) is 0 Å². The molecule has 0 spiro atoms. The zero-order valence-electron chi connectivity index (χ0n) is 9.47. The molecule has 2 aromatic rings. The molecule has 0 bridgehead atoms. The maximum atomic E-state index is 6.16. The second-order valence-corrected chi connectivity index (χ2v) is 4.81. The highest BCUT2D eigenvalue weighted by Crippen LogP contribution is 2.20. The first-order valence-electron chi connectivity index (χ1n) is 5.25. The molecule has 0 radical (unpaired) electrons. The molecule has 2 heterocycles. The molecule has 0 aromatic carbocycles. The second-order valence-electron chi connectivity index (χ2n) is 3.87. The Bertz CT molecular complexity index is 479. The summed E-state index contributed by atoms with van der Waals surface area (Å²) in [6, 6.07) is 3.95. The van der Waals surface area contributed by atoms with Crippen molar-refractivity contribution >= 4 is 11.3 Å². The van der Waals surface area contributed by atoms with Gasteiger partial charge < -0.3 is 5.73 Å². The Morgan fingerprint density at radius 3 is 2.88 bits per heavy atom. The van der Waals surface area contributed by atoms with Gasteiger partial charge >= 0.3 is 0 Å². The number of aryl methyl sites for hydroxylation is 2.